The summed E-state index contributed by atoms with van der Waals surface area (Å²) in [6, 6.07) is 10.9. The Balaban J connectivity index is -0.000000268. The summed E-state index contributed by atoms with van der Waals surface area (Å²) in [6.07, 6.45) is 15.5. The molecule has 144 valence electrons. The Morgan fingerprint density at radius 2 is 1.16 bits per heavy atom. The molecule has 0 saturated carbocycles. The summed E-state index contributed by atoms with van der Waals surface area (Å²) in [5.74, 6) is 0. The predicted octanol–water partition coefficient (Wildman–Crippen LogP) is 2.73. The topological polar surface area (TPSA) is 74.6 Å². The van der Waals surface area contributed by atoms with Crippen molar-refractivity contribution >= 4 is 23.9 Å². The van der Waals surface area contributed by atoms with Crippen molar-refractivity contribution in [2.45, 2.75) is 77.6 Å². The van der Waals surface area contributed by atoms with Gasteiger partial charge in [0.15, 0.2) is 0 Å². The molecule has 0 spiro atoms. The zero-order chi connectivity index (χ0) is 17.4. The molecule has 1 aromatic carbocycles. The molecular weight excluding hydrogens is 367 g/mol. The number of hydrogen-bond acceptors (Lipinski definition) is 2. The van der Waals surface area contributed by atoms with Gasteiger partial charge in [-0.1, -0.05) is 95.0 Å². The zero-order valence-corrected chi connectivity index (χ0v) is 19.6. The van der Waals surface area contributed by atoms with Crippen LogP contribution in [0.2, 0.25) is 0 Å². The molecule has 0 aliphatic carbocycles. The van der Waals surface area contributed by atoms with Gasteiger partial charge < -0.3 is 1.43 Å². The smallest absolute Gasteiger partial charge is 1.00 e. The van der Waals surface area contributed by atoms with Gasteiger partial charge in [0.1, 0.15) is 0 Å². The van der Waals surface area contributed by atoms with E-state index in [0.717, 1.165) is 0 Å². The maximum Gasteiger partial charge on any atom is 1.00 e. The van der Waals surface area contributed by atoms with E-state index in [1.165, 1.54) is 76.2 Å². The molecule has 0 aliphatic rings. The number of unbranched alkanes of at least 4 members (excludes halogenated alkanes) is 9. The maximum absolute atomic E-state index is 8.74. The van der Waals surface area contributed by atoms with Crippen LogP contribution in [0.25, 0.3) is 0 Å². The van der Waals surface area contributed by atoms with E-state index in [9.17, 15) is 0 Å². The van der Waals surface area contributed by atoms with Crippen molar-refractivity contribution in [1.29, 1.82) is 0 Å². The van der Waals surface area contributed by atoms with Crippen molar-refractivity contribution in [3.05, 3.63) is 35.9 Å². The Kier molecular flexibility index (Phi) is 25.0. The molecule has 7 heteroatoms. The van der Waals surface area contributed by atoms with E-state index in [0.29, 0.717) is 0 Å². The van der Waals surface area contributed by atoms with Crippen LogP contribution in [0.3, 0.4) is 0 Å². The molecule has 4 nitrogen and oxygen atoms in total. The molecule has 25 heavy (non-hydrogen) atoms. The van der Waals surface area contributed by atoms with Crippen LogP contribution in [-0.4, -0.2) is 17.5 Å². The molecule has 0 heterocycles. The van der Waals surface area contributed by atoms with Crippen LogP contribution in [0.5, 0.6) is 0 Å². The average molecular weight is 403 g/mol. The molecular formula is C18H35NaO4S2. The third-order valence-corrected chi connectivity index (χ3v) is 3.66. The summed E-state index contributed by atoms with van der Waals surface area (Å²) in [5.41, 5.74) is 1.50. The van der Waals surface area contributed by atoms with Gasteiger partial charge >= 0.3 is 40.0 Å². The SMILES string of the molecule is CCCCCCCCCCCCc1ccccc1.O=S(=O)(O)O.S.[H-].[Na+]. The van der Waals surface area contributed by atoms with Crippen LogP contribution in [0.4, 0.5) is 0 Å². The minimum Gasteiger partial charge on any atom is -1.00 e. The Hall–Kier alpha value is 0.440. The van der Waals surface area contributed by atoms with Crippen LogP contribution < -0.4 is 29.6 Å². The van der Waals surface area contributed by atoms with Gasteiger partial charge in [-0.2, -0.15) is 21.9 Å². The second kappa shape index (κ2) is 20.7. The van der Waals surface area contributed by atoms with E-state index in [1.807, 2.05) is 0 Å². The van der Waals surface area contributed by atoms with Crippen molar-refractivity contribution < 1.29 is 48.5 Å². The third kappa shape index (κ3) is 29.5. The second-order valence-electron chi connectivity index (χ2n) is 5.87. The first-order chi connectivity index (χ1) is 10.9. The van der Waals surface area contributed by atoms with E-state index in [4.69, 9.17) is 17.5 Å². The summed E-state index contributed by atoms with van der Waals surface area (Å²) in [5, 5.41) is 0. The van der Waals surface area contributed by atoms with Crippen LogP contribution in [-0.2, 0) is 16.8 Å². The van der Waals surface area contributed by atoms with Gasteiger partial charge in [-0.25, -0.2) is 0 Å². The van der Waals surface area contributed by atoms with Crippen molar-refractivity contribution in [2.75, 3.05) is 0 Å². The van der Waals surface area contributed by atoms with Gasteiger partial charge in [-0.05, 0) is 18.4 Å². The van der Waals surface area contributed by atoms with Crippen molar-refractivity contribution in [2.24, 2.45) is 0 Å². The van der Waals surface area contributed by atoms with E-state index >= 15 is 0 Å². The molecule has 1 rings (SSSR count). The van der Waals surface area contributed by atoms with Crippen LogP contribution in [0.15, 0.2) is 30.3 Å². The molecule has 0 saturated heterocycles. The van der Waals surface area contributed by atoms with E-state index in [1.54, 1.807) is 0 Å². The first-order valence-electron chi connectivity index (χ1n) is 8.67. The first kappa shape index (κ1) is 30.2. The van der Waals surface area contributed by atoms with E-state index < -0.39 is 10.4 Å². The minimum absolute atomic E-state index is 0. The van der Waals surface area contributed by atoms with Gasteiger partial charge in [0.05, 0.1) is 0 Å². The van der Waals surface area contributed by atoms with Crippen molar-refractivity contribution in [3.63, 3.8) is 0 Å². The molecule has 0 amide bonds. The zero-order valence-electron chi connectivity index (χ0n) is 16.8. The monoisotopic (exact) mass is 402 g/mol. The molecule has 0 aliphatic heterocycles. The minimum atomic E-state index is -4.67. The Labute approximate surface area is 185 Å². The van der Waals surface area contributed by atoms with Gasteiger partial charge in [0.25, 0.3) is 0 Å². The molecule has 0 bridgehead atoms. The van der Waals surface area contributed by atoms with Gasteiger partial charge in [0.2, 0.25) is 0 Å². The fourth-order valence-corrected chi connectivity index (χ4v) is 2.46. The van der Waals surface area contributed by atoms with Gasteiger partial charge in [-0.15, -0.1) is 0 Å². The van der Waals surface area contributed by atoms with Crippen molar-refractivity contribution in [3.8, 4) is 0 Å². The van der Waals surface area contributed by atoms with E-state index in [-0.39, 0.29) is 44.5 Å². The predicted molar refractivity (Wildman–Crippen MR) is 108 cm³/mol. The fourth-order valence-electron chi connectivity index (χ4n) is 2.46. The van der Waals surface area contributed by atoms with Gasteiger partial charge in [-0.3, -0.25) is 9.11 Å². The van der Waals surface area contributed by atoms with Crippen LogP contribution in [0.1, 0.15) is 78.1 Å². The van der Waals surface area contributed by atoms with E-state index in [2.05, 4.69) is 37.3 Å². The first-order valence-corrected chi connectivity index (χ1v) is 10.1. The Morgan fingerprint density at radius 3 is 1.56 bits per heavy atom. The summed E-state index contributed by atoms with van der Waals surface area (Å²) < 4.78 is 31.6. The third-order valence-electron chi connectivity index (χ3n) is 3.66. The van der Waals surface area contributed by atoms with Crippen LogP contribution >= 0.6 is 13.5 Å². The molecule has 2 N–H and O–H groups in total. The quantitative estimate of drug-likeness (QED) is 0.339. The normalized spacial score (nSPS) is 10.0. The molecule has 0 unspecified atom stereocenters. The molecule has 1 aromatic rings. The summed E-state index contributed by atoms with van der Waals surface area (Å²) in [7, 11) is -4.67. The molecule has 0 fully saturated rings. The number of aryl methyl sites for hydroxylation is 1. The van der Waals surface area contributed by atoms with Gasteiger partial charge in [0, 0.05) is 0 Å². The summed E-state index contributed by atoms with van der Waals surface area (Å²) in [6.45, 7) is 2.28. The number of benzene rings is 1. The fraction of sp³-hybridized carbons (Fsp3) is 0.667. The van der Waals surface area contributed by atoms with Crippen molar-refractivity contribution in [1.82, 2.24) is 0 Å². The summed E-state index contributed by atoms with van der Waals surface area (Å²) in [4.78, 5) is 0. The summed E-state index contributed by atoms with van der Waals surface area (Å²) >= 11 is 0. The van der Waals surface area contributed by atoms with Crippen LogP contribution in [0, 0.1) is 0 Å². The Morgan fingerprint density at radius 1 is 0.800 bits per heavy atom. The maximum atomic E-state index is 8.74. The number of hydrogen-bond donors (Lipinski definition) is 2. The average Bonchev–Trinajstić information content (AvgIpc) is 2.48. The largest absolute Gasteiger partial charge is 1.00 e. The molecule has 0 aromatic heterocycles. The number of rotatable bonds is 11. The molecule has 0 atom stereocenters. The Bertz CT molecular complexity index is 465. The standard InChI is InChI=1S/C18H30.Na.H2O4S.H2S.H/c1-2-3-4-5-6-7-8-9-10-12-15-18-16-13-11-14-17-18;;1-5(2,3)4;;/h11,13-14,16-17H,2-10,12,15H2,1H3;;(H2,1,2,3,4);1H2;/q;+1;;;-1. The molecule has 0 radical (unpaired) electrons. The second-order valence-corrected chi connectivity index (χ2v) is 6.76.